The molecule has 6 atom stereocenters. The minimum absolute atomic E-state index is 0.00206. The first kappa shape index (κ1) is 12.6. The maximum atomic E-state index is 11.7. The van der Waals surface area contributed by atoms with E-state index >= 15 is 0 Å². The average molecular weight is 268 g/mol. The van der Waals surface area contributed by atoms with Crippen molar-refractivity contribution in [2.24, 2.45) is 11.8 Å². The van der Waals surface area contributed by atoms with Crippen LogP contribution in [0.1, 0.15) is 6.92 Å². The smallest absolute Gasteiger partial charge is 0.333 e. The maximum Gasteiger partial charge on any atom is 0.333 e. The molecule has 0 spiro atoms. The van der Waals surface area contributed by atoms with Gasteiger partial charge in [0.05, 0.1) is 18.6 Å². The van der Waals surface area contributed by atoms with E-state index in [1.165, 1.54) is 0 Å². The van der Waals surface area contributed by atoms with E-state index in [-0.39, 0.29) is 30.0 Å². The highest BCUT2D eigenvalue weighted by Gasteiger charge is 2.66. The van der Waals surface area contributed by atoms with Gasteiger partial charge in [-0.1, -0.05) is 6.58 Å². The van der Waals surface area contributed by atoms with Crippen molar-refractivity contribution in [2.75, 3.05) is 13.7 Å². The zero-order valence-electron chi connectivity index (χ0n) is 10.8. The Bertz CT molecular complexity index is 444. The summed E-state index contributed by atoms with van der Waals surface area (Å²) in [5.74, 6) is -1.11. The minimum Gasteiger partial charge on any atom is -0.465 e. The molecule has 6 nitrogen and oxygen atoms in total. The quantitative estimate of drug-likeness (QED) is 0.532. The van der Waals surface area contributed by atoms with Crippen LogP contribution in [0.4, 0.5) is 0 Å². The normalized spacial score (nSPS) is 42.9. The van der Waals surface area contributed by atoms with Crippen LogP contribution in [0, 0.1) is 11.8 Å². The van der Waals surface area contributed by atoms with Crippen molar-refractivity contribution in [1.29, 1.82) is 0 Å². The number of carbonyl (C=O) groups is 2. The van der Waals surface area contributed by atoms with Crippen molar-refractivity contribution in [3.8, 4) is 0 Å². The summed E-state index contributed by atoms with van der Waals surface area (Å²) in [6, 6.07) is 0. The second kappa shape index (κ2) is 4.31. The fourth-order valence-electron chi connectivity index (χ4n) is 3.20. The first-order chi connectivity index (χ1) is 9.04. The van der Waals surface area contributed by atoms with Crippen molar-refractivity contribution >= 4 is 11.9 Å². The molecule has 0 amide bonds. The molecule has 0 N–H and O–H groups in total. The fraction of sp³-hybridized carbons (Fsp3) is 0.692. The third-order valence-corrected chi connectivity index (χ3v) is 4.08. The molecule has 3 rings (SSSR count). The summed E-state index contributed by atoms with van der Waals surface area (Å²) < 4.78 is 21.6. The van der Waals surface area contributed by atoms with E-state index in [9.17, 15) is 9.59 Å². The largest absolute Gasteiger partial charge is 0.465 e. The molecule has 0 aromatic carbocycles. The first-order valence-corrected chi connectivity index (χ1v) is 6.26. The second-order valence-corrected chi connectivity index (χ2v) is 5.24. The third-order valence-electron chi connectivity index (χ3n) is 4.08. The highest BCUT2D eigenvalue weighted by Crippen LogP contribution is 2.49. The number of rotatable bonds is 3. The van der Waals surface area contributed by atoms with Crippen LogP contribution in [0.2, 0.25) is 0 Å². The van der Waals surface area contributed by atoms with Crippen LogP contribution in [0.15, 0.2) is 12.2 Å². The SMILES string of the molecule is C=C(C)C(=O)OC1C(OC)C2OC1C1C(=O)OCC21. The molecule has 2 bridgehead atoms. The fourth-order valence-corrected chi connectivity index (χ4v) is 3.20. The molecule has 3 heterocycles. The molecule has 0 radical (unpaired) electrons. The summed E-state index contributed by atoms with van der Waals surface area (Å²) in [7, 11) is 1.54. The van der Waals surface area contributed by atoms with E-state index in [1.807, 2.05) is 0 Å². The number of carbonyl (C=O) groups excluding carboxylic acids is 2. The maximum absolute atomic E-state index is 11.7. The Morgan fingerprint density at radius 1 is 1.37 bits per heavy atom. The molecular weight excluding hydrogens is 252 g/mol. The van der Waals surface area contributed by atoms with Gasteiger partial charge in [0.15, 0.2) is 6.10 Å². The van der Waals surface area contributed by atoms with Gasteiger partial charge < -0.3 is 18.9 Å². The standard InChI is InChI=1S/C13H16O6/c1-5(2)12(14)19-11-9-7-6(4-17-13(7)15)8(18-9)10(11)16-3/h6-11H,1,4H2,2-3H3. The van der Waals surface area contributed by atoms with Gasteiger partial charge in [-0.25, -0.2) is 4.79 Å². The molecule has 6 unspecified atom stereocenters. The molecule has 6 heteroatoms. The number of esters is 2. The van der Waals surface area contributed by atoms with Crippen molar-refractivity contribution in [1.82, 2.24) is 0 Å². The van der Waals surface area contributed by atoms with Crippen molar-refractivity contribution < 1.29 is 28.5 Å². The van der Waals surface area contributed by atoms with Gasteiger partial charge in [0.2, 0.25) is 0 Å². The predicted molar refractivity (Wildman–Crippen MR) is 62.1 cm³/mol. The number of fused-ring (bicyclic) bond motifs is 5. The number of hydrogen-bond donors (Lipinski definition) is 0. The predicted octanol–water partition coefficient (Wildman–Crippen LogP) is 0.0595. The number of cyclic esters (lactones) is 1. The molecule has 3 fully saturated rings. The van der Waals surface area contributed by atoms with Crippen LogP contribution in [-0.4, -0.2) is 50.1 Å². The van der Waals surface area contributed by atoms with Crippen LogP contribution >= 0.6 is 0 Å². The van der Waals surface area contributed by atoms with E-state index in [0.29, 0.717) is 12.2 Å². The first-order valence-electron chi connectivity index (χ1n) is 6.26. The Kier molecular flexibility index (Phi) is 2.87. The number of ether oxygens (including phenoxy) is 4. The van der Waals surface area contributed by atoms with E-state index in [1.54, 1.807) is 14.0 Å². The summed E-state index contributed by atoms with van der Waals surface area (Å²) in [6.45, 7) is 5.47. The summed E-state index contributed by atoms with van der Waals surface area (Å²) in [4.78, 5) is 23.4. The van der Waals surface area contributed by atoms with Gasteiger partial charge in [0, 0.05) is 18.6 Å². The summed E-state index contributed by atoms with van der Waals surface area (Å²) >= 11 is 0. The van der Waals surface area contributed by atoms with Crippen LogP contribution in [0.3, 0.4) is 0 Å². The lowest BCUT2D eigenvalue weighted by atomic mass is 9.78. The van der Waals surface area contributed by atoms with Crippen molar-refractivity contribution in [3.63, 3.8) is 0 Å². The highest BCUT2D eigenvalue weighted by atomic mass is 16.6. The lowest BCUT2D eigenvalue weighted by Crippen LogP contribution is -2.50. The van der Waals surface area contributed by atoms with Crippen LogP contribution in [0.5, 0.6) is 0 Å². The molecule has 3 aliphatic heterocycles. The van der Waals surface area contributed by atoms with Gasteiger partial charge in [-0.05, 0) is 6.92 Å². The minimum atomic E-state index is -0.578. The Hall–Kier alpha value is -1.40. The number of methoxy groups -OCH3 is 1. The van der Waals surface area contributed by atoms with Gasteiger partial charge >= 0.3 is 11.9 Å². The summed E-state index contributed by atoms with van der Waals surface area (Å²) in [6.07, 6.45) is -1.66. The monoisotopic (exact) mass is 268 g/mol. The lowest BCUT2D eigenvalue weighted by molar-refractivity contribution is -0.158. The van der Waals surface area contributed by atoms with E-state index in [4.69, 9.17) is 18.9 Å². The Morgan fingerprint density at radius 2 is 2.11 bits per heavy atom. The van der Waals surface area contributed by atoms with Gasteiger partial charge in [0.1, 0.15) is 12.2 Å². The Labute approximate surface area is 110 Å². The van der Waals surface area contributed by atoms with E-state index in [0.717, 1.165) is 0 Å². The zero-order chi connectivity index (χ0) is 13.7. The molecule has 0 aliphatic carbocycles. The van der Waals surface area contributed by atoms with Crippen molar-refractivity contribution in [3.05, 3.63) is 12.2 Å². The Morgan fingerprint density at radius 3 is 2.74 bits per heavy atom. The third kappa shape index (κ3) is 1.70. The lowest BCUT2D eigenvalue weighted by Gasteiger charge is -2.31. The van der Waals surface area contributed by atoms with Crippen molar-refractivity contribution in [2.45, 2.75) is 31.3 Å². The molecule has 104 valence electrons. The van der Waals surface area contributed by atoms with Crippen LogP contribution in [-0.2, 0) is 28.5 Å². The molecular formula is C13H16O6. The summed E-state index contributed by atoms with van der Waals surface area (Å²) in [5, 5.41) is 0. The molecule has 19 heavy (non-hydrogen) atoms. The summed E-state index contributed by atoms with van der Waals surface area (Å²) in [5.41, 5.74) is 0.308. The highest BCUT2D eigenvalue weighted by molar-refractivity contribution is 5.87. The van der Waals surface area contributed by atoms with Gasteiger partial charge in [0.25, 0.3) is 0 Å². The Balaban J connectivity index is 1.82. The second-order valence-electron chi connectivity index (χ2n) is 5.24. The topological polar surface area (TPSA) is 71.1 Å². The van der Waals surface area contributed by atoms with Gasteiger partial charge in [-0.15, -0.1) is 0 Å². The van der Waals surface area contributed by atoms with Crippen LogP contribution < -0.4 is 0 Å². The number of hydrogen-bond acceptors (Lipinski definition) is 6. The zero-order valence-corrected chi connectivity index (χ0v) is 10.8. The molecule has 0 saturated carbocycles. The molecule has 0 aromatic rings. The van der Waals surface area contributed by atoms with Crippen LogP contribution in [0.25, 0.3) is 0 Å². The van der Waals surface area contributed by atoms with Gasteiger partial charge in [-0.2, -0.15) is 0 Å². The van der Waals surface area contributed by atoms with Gasteiger partial charge in [-0.3, -0.25) is 4.79 Å². The molecule has 3 aliphatic rings. The van der Waals surface area contributed by atoms with E-state index < -0.39 is 18.2 Å². The molecule has 3 saturated heterocycles. The molecule has 0 aromatic heterocycles. The average Bonchev–Trinajstić information content (AvgIpc) is 3.00. The van der Waals surface area contributed by atoms with E-state index in [2.05, 4.69) is 6.58 Å².